The van der Waals surface area contributed by atoms with E-state index in [2.05, 4.69) is 41.3 Å². The van der Waals surface area contributed by atoms with E-state index in [4.69, 9.17) is 9.47 Å². The molecule has 0 spiro atoms. The molecule has 1 aliphatic heterocycles. The van der Waals surface area contributed by atoms with Crippen molar-refractivity contribution in [1.82, 2.24) is 9.80 Å². The summed E-state index contributed by atoms with van der Waals surface area (Å²) in [6.07, 6.45) is 4.23. The molecule has 0 radical (unpaired) electrons. The van der Waals surface area contributed by atoms with Gasteiger partial charge in [-0.2, -0.15) is 0 Å². The summed E-state index contributed by atoms with van der Waals surface area (Å²) in [6.45, 7) is 2.21. The summed E-state index contributed by atoms with van der Waals surface area (Å²) in [5.74, 6) is -0.0601. The maximum atomic E-state index is 14.1. The third-order valence-corrected chi connectivity index (χ3v) is 7.95. The van der Waals surface area contributed by atoms with Gasteiger partial charge in [0.25, 0.3) is 0 Å². The van der Waals surface area contributed by atoms with Gasteiger partial charge in [-0.3, -0.25) is 9.69 Å². The van der Waals surface area contributed by atoms with Gasteiger partial charge in [0, 0.05) is 33.4 Å². The Kier molecular flexibility index (Phi) is 6.06. The molecule has 0 unspecified atom stereocenters. The number of carbonyl (C=O) groups is 1. The van der Waals surface area contributed by atoms with Gasteiger partial charge in [-0.25, -0.2) is 0 Å². The number of benzene rings is 2. The first-order chi connectivity index (χ1) is 15.6. The summed E-state index contributed by atoms with van der Waals surface area (Å²) in [4.78, 5) is 18.7. The van der Waals surface area contributed by atoms with Gasteiger partial charge in [0.1, 0.15) is 0 Å². The van der Waals surface area contributed by atoms with Crippen LogP contribution in [0.3, 0.4) is 0 Å². The number of hydrogen-bond acceptors (Lipinski definition) is 4. The van der Waals surface area contributed by atoms with Gasteiger partial charge in [0.15, 0.2) is 0 Å². The Morgan fingerprint density at radius 1 is 0.875 bits per heavy atom. The smallest absolute Gasteiger partial charge is 0.234 e. The van der Waals surface area contributed by atoms with Crippen molar-refractivity contribution in [1.29, 1.82) is 0 Å². The second-order valence-electron chi connectivity index (χ2n) is 9.45. The molecule has 5 nitrogen and oxygen atoms in total. The van der Waals surface area contributed by atoms with E-state index in [0.29, 0.717) is 6.04 Å². The summed E-state index contributed by atoms with van der Waals surface area (Å²) in [6, 6.07) is 17.1. The minimum Gasteiger partial charge on any atom is -0.379 e. The number of hydrogen-bond donors (Lipinski definition) is 0. The number of methoxy groups -OCH3 is 2. The summed E-state index contributed by atoms with van der Waals surface area (Å²) in [5, 5.41) is 0. The van der Waals surface area contributed by atoms with Crippen molar-refractivity contribution < 1.29 is 14.3 Å². The van der Waals surface area contributed by atoms with E-state index in [1.165, 1.54) is 24.0 Å². The zero-order chi connectivity index (χ0) is 22.2. The van der Waals surface area contributed by atoms with E-state index < -0.39 is 0 Å². The fourth-order valence-corrected chi connectivity index (χ4v) is 6.26. The molecule has 3 aliphatic rings. The lowest BCUT2D eigenvalue weighted by Gasteiger charge is -2.47. The van der Waals surface area contributed by atoms with Gasteiger partial charge in [-0.1, -0.05) is 48.5 Å². The van der Waals surface area contributed by atoms with Crippen molar-refractivity contribution in [3.8, 4) is 11.1 Å². The highest BCUT2D eigenvalue weighted by atomic mass is 16.5. The standard InChI is InChI=1S/C27H34N2O3/c1-28(22-16-24(31-2)25(32-3)17-23(22)29-14-8-9-15-29)27(30)26-20-12-6-4-10-18(20)19-11-5-7-13-21(19)26/h4-7,10-13,22-26H,8-9,14-17H2,1-3H3/t22-,23-,24-,25+/m1/s1. The molecule has 1 heterocycles. The fourth-order valence-electron chi connectivity index (χ4n) is 6.26. The normalized spacial score (nSPS) is 27.8. The predicted octanol–water partition coefficient (Wildman–Crippen LogP) is 3.91. The van der Waals surface area contributed by atoms with Crippen molar-refractivity contribution >= 4 is 5.91 Å². The highest BCUT2D eigenvalue weighted by Gasteiger charge is 2.45. The molecule has 32 heavy (non-hydrogen) atoms. The molecular formula is C27H34N2O3. The van der Waals surface area contributed by atoms with Gasteiger partial charge in [-0.15, -0.1) is 0 Å². The van der Waals surface area contributed by atoms with Crippen molar-refractivity contribution in [3.05, 3.63) is 59.7 Å². The molecule has 2 aromatic rings. The number of amides is 1. The highest BCUT2D eigenvalue weighted by molar-refractivity contribution is 5.96. The van der Waals surface area contributed by atoms with Crippen LogP contribution in [0.1, 0.15) is 42.7 Å². The second kappa shape index (κ2) is 8.97. The molecule has 0 N–H and O–H groups in total. The molecule has 5 heteroatoms. The Morgan fingerprint density at radius 2 is 1.41 bits per heavy atom. The number of carbonyl (C=O) groups excluding carboxylic acids is 1. The van der Waals surface area contributed by atoms with Crippen LogP contribution < -0.4 is 0 Å². The topological polar surface area (TPSA) is 42.0 Å². The molecule has 170 valence electrons. The van der Waals surface area contributed by atoms with E-state index in [-0.39, 0.29) is 30.1 Å². The van der Waals surface area contributed by atoms with E-state index in [1.54, 1.807) is 14.2 Å². The van der Waals surface area contributed by atoms with Crippen LogP contribution in [0.15, 0.2) is 48.5 Å². The van der Waals surface area contributed by atoms with Crippen LogP contribution in [0, 0.1) is 0 Å². The maximum absolute atomic E-state index is 14.1. The quantitative estimate of drug-likeness (QED) is 0.716. The van der Waals surface area contributed by atoms with Crippen molar-refractivity contribution in [2.45, 2.75) is 55.9 Å². The van der Waals surface area contributed by atoms with Crippen LogP contribution in [-0.2, 0) is 14.3 Å². The van der Waals surface area contributed by atoms with Crippen LogP contribution in [0.4, 0.5) is 0 Å². The molecule has 1 amide bonds. The molecule has 2 aromatic carbocycles. The maximum Gasteiger partial charge on any atom is 0.234 e. The monoisotopic (exact) mass is 434 g/mol. The van der Waals surface area contributed by atoms with E-state index in [1.807, 2.05) is 24.1 Å². The lowest BCUT2D eigenvalue weighted by atomic mass is 9.83. The number of ether oxygens (including phenoxy) is 2. The summed E-state index contributed by atoms with van der Waals surface area (Å²) in [5.41, 5.74) is 4.61. The lowest BCUT2D eigenvalue weighted by Crippen LogP contribution is -2.59. The number of fused-ring (bicyclic) bond motifs is 3. The Labute approximate surface area is 191 Å². The number of likely N-dealkylation sites (N-methyl/N-ethyl adjacent to an activating group) is 1. The van der Waals surface area contributed by atoms with Crippen LogP contribution in [0.25, 0.3) is 11.1 Å². The molecule has 2 fully saturated rings. The van der Waals surface area contributed by atoms with Gasteiger partial charge >= 0.3 is 0 Å². The third kappa shape index (κ3) is 3.57. The second-order valence-corrected chi connectivity index (χ2v) is 9.45. The zero-order valence-electron chi connectivity index (χ0n) is 19.4. The van der Waals surface area contributed by atoms with Gasteiger partial charge < -0.3 is 14.4 Å². The van der Waals surface area contributed by atoms with Crippen LogP contribution >= 0.6 is 0 Å². The van der Waals surface area contributed by atoms with Gasteiger partial charge in [-0.05, 0) is 61.0 Å². The molecule has 5 rings (SSSR count). The number of rotatable bonds is 5. The molecule has 0 aromatic heterocycles. The van der Waals surface area contributed by atoms with E-state index >= 15 is 0 Å². The SMILES string of the molecule is CO[C@H]1C[C@@H](N2CCCC2)[C@H](N(C)C(=O)C2c3ccccc3-c3ccccc32)C[C@H]1OC. The van der Waals surface area contributed by atoms with Gasteiger partial charge in [0.05, 0.1) is 18.1 Å². The van der Waals surface area contributed by atoms with Crippen molar-refractivity contribution in [3.63, 3.8) is 0 Å². The molecule has 1 saturated carbocycles. The Morgan fingerprint density at radius 3 is 1.97 bits per heavy atom. The Balaban J connectivity index is 1.48. The van der Waals surface area contributed by atoms with Gasteiger partial charge in [0.2, 0.25) is 5.91 Å². The summed E-state index contributed by atoms with van der Waals surface area (Å²) >= 11 is 0. The fraction of sp³-hybridized carbons (Fsp3) is 0.519. The minimum atomic E-state index is -0.243. The Hall–Kier alpha value is -2.21. The largest absolute Gasteiger partial charge is 0.379 e. The lowest BCUT2D eigenvalue weighted by molar-refractivity contribution is -0.141. The predicted molar refractivity (Wildman–Crippen MR) is 126 cm³/mol. The number of nitrogens with zero attached hydrogens (tertiary/aromatic N) is 2. The average molecular weight is 435 g/mol. The summed E-state index contributed by atoms with van der Waals surface area (Å²) < 4.78 is 11.6. The van der Waals surface area contributed by atoms with E-state index in [9.17, 15) is 4.79 Å². The highest BCUT2D eigenvalue weighted by Crippen LogP contribution is 2.46. The molecule has 2 aliphatic carbocycles. The Bertz CT molecular complexity index is 925. The first-order valence-electron chi connectivity index (χ1n) is 11.9. The van der Waals surface area contributed by atoms with Crippen molar-refractivity contribution in [2.75, 3.05) is 34.4 Å². The van der Waals surface area contributed by atoms with Crippen LogP contribution in [-0.4, -0.2) is 74.4 Å². The first kappa shape index (κ1) is 21.6. The van der Waals surface area contributed by atoms with Crippen LogP contribution in [0.5, 0.6) is 0 Å². The molecule has 0 bridgehead atoms. The van der Waals surface area contributed by atoms with Crippen LogP contribution in [0.2, 0.25) is 0 Å². The number of likely N-dealkylation sites (tertiary alicyclic amines) is 1. The first-order valence-corrected chi connectivity index (χ1v) is 11.9. The average Bonchev–Trinajstić information content (AvgIpc) is 3.49. The minimum absolute atomic E-state index is 0.00209. The van der Waals surface area contributed by atoms with E-state index in [0.717, 1.165) is 37.1 Å². The molecule has 4 atom stereocenters. The summed E-state index contributed by atoms with van der Waals surface area (Å²) in [7, 11) is 5.54. The van der Waals surface area contributed by atoms with Crippen molar-refractivity contribution in [2.24, 2.45) is 0 Å². The zero-order valence-corrected chi connectivity index (χ0v) is 19.4. The molecular weight excluding hydrogens is 400 g/mol. The molecule has 1 saturated heterocycles. The third-order valence-electron chi connectivity index (χ3n) is 7.95.